The minimum Gasteiger partial charge on any atom is -0.335 e. The number of carbonyl (C=O) groups is 1. The van der Waals surface area contributed by atoms with Crippen LogP contribution in [0.3, 0.4) is 0 Å². The van der Waals surface area contributed by atoms with Gasteiger partial charge in [0.15, 0.2) is 0 Å². The van der Waals surface area contributed by atoms with Gasteiger partial charge >= 0.3 is 0 Å². The highest BCUT2D eigenvalue weighted by Gasteiger charge is 2.14. The maximum absolute atomic E-state index is 12.1. The van der Waals surface area contributed by atoms with Crippen molar-refractivity contribution < 1.29 is 4.79 Å². The van der Waals surface area contributed by atoms with Gasteiger partial charge in [-0.15, -0.1) is 11.3 Å². The Hall–Kier alpha value is -1.46. The first-order chi connectivity index (χ1) is 8.56. The van der Waals surface area contributed by atoms with Crippen molar-refractivity contribution >= 4 is 28.8 Å². The average Bonchev–Trinajstić information content (AvgIpc) is 2.73. The van der Waals surface area contributed by atoms with E-state index >= 15 is 0 Å². The topological polar surface area (TPSA) is 46.1 Å². The number of hydrogen-bond donors (Lipinski definition) is 0. The SMILES string of the molecule is Cc1ncc(CN(C)C(=O)c2cccc(Cl)n2)s1. The predicted molar refractivity (Wildman–Crippen MR) is 71.9 cm³/mol. The lowest BCUT2D eigenvalue weighted by atomic mass is 10.3. The second-order valence-corrected chi connectivity index (χ2v) is 5.56. The van der Waals surface area contributed by atoms with Gasteiger partial charge in [0.2, 0.25) is 0 Å². The van der Waals surface area contributed by atoms with Crippen LogP contribution < -0.4 is 0 Å². The largest absolute Gasteiger partial charge is 0.335 e. The summed E-state index contributed by atoms with van der Waals surface area (Å²) in [5.74, 6) is -0.149. The molecular formula is C12H12ClN3OS. The Morgan fingerprint density at radius 3 is 2.89 bits per heavy atom. The minimum absolute atomic E-state index is 0.149. The van der Waals surface area contributed by atoms with E-state index in [1.54, 1.807) is 47.7 Å². The van der Waals surface area contributed by atoms with Crippen LogP contribution in [-0.4, -0.2) is 27.8 Å². The fourth-order valence-corrected chi connectivity index (χ4v) is 2.52. The summed E-state index contributed by atoms with van der Waals surface area (Å²) in [4.78, 5) is 22.9. The van der Waals surface area contributed by atoms with Gasteiger partial charge < -0.3 is 4.90 Å². The molecule has 18 heavy (non-hydrogen) atoms. The third-order valence-corrected chi connectivity index (χ3v) is 3.45. The molecule has 0 atom stereocenters. The molecule has 0 radical (unpaired) electrons. The molecule has 2 aromatic rings. The van der Waals surface area contributed by atoms with Crippen LogP contribution in [0.25, 0.3) is 0 Å². The molecule has 2 rings (SSSR count). The van der Waals surface area contributed by atoms with E-state index in [4.69, 9.17) is 11.6 Å². The number of amides is 1. The van der Waals surface area contributed by atoms with Crippen LogP contribution in [0.2, 0.25) is 5.15 Å². The van der Waals surface area contributed by atoms with Crippen molar-refractivity contribution in [1.29, 1.82) is 0 Å². The number of halogens is 1. The molecule has 0 aliphatic rings. The van der Waals surface area contributed by atoms with Crippen molar-refractivity contribution in [3.8, 4) is 0 Å². The van der Waals surface area contributed by atoms with Crippen molar-refractivity contribution in [2.45, 2.75) is 13.5 Å². The molecule has 94 valence electrons. The molecule has 0 fully saturated rings. The van der Waals surface area contributed by atoms with Gasteiger partial charge in [-0.3, -0.25) is 4.79 Å². The van der Waals surface area contributed by atoms with Crippen molar-refractivity contribution in [3.63, 3.8) is 0 Å². The average molecular weight is 282 g/mol. The van der Waals surface area contributed by atoms with E-state index in [-0.39, 0.29) is 5.91 Å². The van der Waals surface area contributed by atoms with E-state index in [2.05, 4.69) is 9.97 Å². The molecule has 0 spiro atoms. The summed E-state index contributed by atoms with van der Waals surface area (Å²) >= 11 is 7.35. The lowest BCUT2D eigenvalue weighted by Crippen LogP contribution is -2.26. The van der Waals surface area contributed by atoms with E-state index in [9.17, 15) is 4.79 Å². The molecule has 0 N–H and O–H groups in total. The molecule has 1 amide bonds. The zero-order valence-corrected chi connectivity index (χ0v) is 11.6. The highest BCUT2D eigenvalue weighted by atomic mass is 35.5. The highest BCUT2D eigenvalue weighted by Crippen LogP contribution is 2.15. The third kappa shape index (κ3) is 3.05. The van der Waals surface area contributed by atoms with Crippen LogP contribution in [0.4, 0.5) is 0 Å². The normalized spacial score (nSPS) is 10.4. The molecule has 0 aromatic carbocycles. The van der Waals surface area contributed by atoms with Gasteiger partial charge in [-0.2, -0.15) is 0 Å². The molecule has 0 bridgehead atoms. The van der Waals surface area contributed by atoms with E-state index < -0.39 is 0 Å². The summed E-state index contributed by atoms with van der Waals surface area (Å²) in [5, 5.41) is 1.31. The maximum atomic E-state index is 12.1. The number of rotatable bonds is 3. The second-order valence-electron chi connectivity index (χ2n) is 3.85. The molecule has 4 nitrogen and oxygen atoms in total. The molecule has 2 heterocycles. The van der Waals surface area contributed by atoms with Crippen LogP contribution in [0.5, 0.6) is 0 Å². The molecule has 0 saturated heterocycles. The van der Waals surface area contributed by atoms with Crippen LogP contribution in [0.1, 0.15) is 20.4 Å². The van der Waals surface area contributed by atoms with Gasteiger partial charge in [0.25, 0.3) is 5.91 Å². The number of aryl methyl sites for hydroxylation is 1. The van der Waals surface area contributed by atoms with Gasteiger partial charge in [0, 0.05) is 18.1 Å². The summed E-state index contributed by atoms with van der Waals surface area (Å²) in [6.07, 6.45) is 1.79. The first-order valence-corrected chi connectivity index (χ1v) is 6.55. The summed E-state index contributed by atoms with van der Waals surface area (Å²) in [6, 6.07) is 5.01. The summed E-state index contributed by atoms with van der Waals surface area (Å²) in [6.45, 7) is 2.47. The summed E-state index contributed by atoms with van der Waals surface area (Å²) < 4.78 is 0. The van der Waals surface area contributed by atoms with Gasteiger partial charge in [0.1, 0.15) is 10.8 Å². The Bertz CT molecular complexity index is 570. The van der Waals surface area contributed by atoms with Gasteiger partial charge in [-0.1, -0.05) is 17.7 Å². The lowest BCUT2D eigenvalue weighted by molar-refractivity contribution is 0.0780. The van der Waals surface area contributed by atoms with Gasteiger partial charge in [-0.05, 0) is 19.1 Å². The van der Waals surface area contributed by atoms with Gasteiger partial charge in [0.05, 0.1) is 11.6 Å². The first-order valence-electron chi connectivity index (χ1n) is 5.35. The molecule has 6 heteroatoms. The van der Waals surface area contributed by atoms with Crippen LogP contribution in [0, 0.1) is 6.92 Å². The van der Waals surface area contributed by atoms with E-state index in [0.717, 1.165) is 9.88 Å². The number of carbonyl (C=O) groups excluding carboxylic acids is 1. The second kappa shape index (κ2) is 5.46. The summed E-state index contributed by atoms with van der Waals surface area (Å²) in [5.41, 5.74) is 0.353. The molecule has 0 saturated carbocycles. The molecule has 0 unspecified atom stereocenters. The minimum atomic E-state index is -0.149. The van der Waals surface area contributed by atoms with Crippen molar-refractivity contribution in [2.24, 2.45) is 0 Å². The van der Waals surface area contributed by atoms with E-state index in [1.807, 2.05) is 6.92 Å². The fraction of sp³-hybridized carbons (Fsp3) is 0.250. The third-order valence-electron chi connectivity index (χ3n) is 2.34. The van der Waals surface area contributed by atoms with Crippen molar-refractivity contribution in [2.75, 3.05) is 7.05 Å². The Morgan fingerprint density at radius 1 is 1.50 bits per heavy atom. The predicted octanol–water partition coefficient (Wildman–Crippen LogP) is 2.77. The standard InChI is InChI=1S/C12H12ClN3OS/c1-8-14-6-9(18-8)7-16(2)12(17)10-4-3-5-11(13)15-10/h3-6H,7H2,1-2H3. The van der Waals surface area contributed by atoms with Crippen molar-refractivity contribution in [3.05, 3.63) is 45.1 Å². The summed E-state index contributed by atoms with van der Waals surface area (Å²) in [7, 11) is 1.74. The first kappa shape index (κ1) is 13.0. The molecule has 0 aliphatic heterocycles. The fourth-order valence-electron chi connectivity index (χ4n) is 1.51. The zero-order valence-electron chi connectivity index (χ0n) is 10.1. The number of nitrogens with zero attached hydrogens (tertiary/aromatic N) is 3. The molecule has 0 aliphatic carbocycles. The Balaban J connectivity index is 2.09. The Labute approximate surface area is 114 Å². The van der Waals surface area contributed by atoms with E-state index in [1.165, 1.54) is 0 Å². The van der Waals surface area contributed by atoms with Gasteiger partial charge in [-0.25, -0.2) is 9.97 Å². The molecule has 2 aromatic heterocycles. The zero-order chi connectivity index (χ0) is 13.1. The Kier molecular flexibility index (Phi) is 3.93. The van der Waals surface area contributed by atoms with Crippen LogP contribution in [0.15, 0.2) is 24.4 Å². The Morgan fingerprint density at radius 2 is 2.28 bits per heavy atom. The number of thiazole rings is 1. The van der Waals surface area contributed by atoms with E-state index in [0.29, 0.717) is 17.4 Å². The van der Waals surface area contributed by atoms with Crippen LogP contribution in [-0.2, 0) is 6.54 Å². The van der Waals surface area contributed by atoms with Crippen molar-refractivity contribution in [1.82, 2.24) is 14.9 Å². The number of pyridine rings is 1. The maximum Gasteiger partial charge on any atom is 0.272 e. The quantitative estimate of drug-likeness (QED) is 0.813. The lowest BCUT2D eigenvalue weighted by Gasteiger charge is -2.15. The molecular weight excluding hydrogens is 270 g/mol. The smallest absolute Gasteiger partial charge is 0.272 e. The number of hydrogen-bond acceptors (Lipinski definition) is 4. The van der Waals surface area contributed by atoms with Crippen LogP contribution >= 0.6 is 22.9 Å². The monoisotopic (exact) mass is 281 g/mol. The number of aromatic nitrogens is 2. The highest BCUT2D eigenvalue weighted by molar-refractivity contribution is 7.11.